The zero-order valence-electron chi connectivity index (χ0n) is 12.5. The summed E-state index contributed by atoms with van der Waals surface area (Å²) in [7, 11) is 0. The first-order chi connectivity index (χ1) is 9.76. The van der Waals surface area contributed by atoms with Gasteiger partial charge in [-0.05, 0) is 55.3 Å². The second-order valence-corrected chi connectivity index (χ2v) is 8.06. The van der Waals surface area contributed by atoms with Crippen molar-refractivity contribution in [2.45, 2.75) is 45.8 Å². The average molecular weight is 377 g/mol. The van der Waals surface area contributed by atoms with Gasteiger partial charge in [-0.2, -0.15) is 0 Å². The number of alkyl carbamates (subject to hydrolysis) is 1. The number of carbonyl (C=O) groups excluding carboxylic acids is 2. The van der Waals surface area contributed by atoms with Crippen LogP contribution in [0.25, 0.3) is 0 Å². The van der Waals surface area contributed by atoms with Gasteiger partial charge in [-0.25, -0.2) is 4.79 Å². The van der Waals surface area contributed by atoms with Crippen molar-refractivity contribution in [3.8, 4) is 0 Å². The Labute approximate surface area is 137 Å². The first-order valence-corrected chi connectivity index (χ1v) is 8.35. The summed E-state index contributed by atoms with van der Waals surface area (Å²) in [6.07, 6.45) is 0.507. The summed E-state index contributed by atoms with van der Waals surface area (Å²) in [5, 5.41) is 5.47. The molecule has 0 radical (unpaired) electrons. The van der Waals surface area contributed by atoms with Crippen LogP contribution in [0.5, 0.6) is 0 Å². The van der Waals surface area contributed by atoms with Gasteiger partial charge in [0.05, 0.1) is 10.3 Å². The Bertz CT molecular complexity index is 483. The highest BCUT2D eigenvalue weighted by Gasteiger charge is 2.15. The van der Waals surface area contributed by atoms with Crippen molar-refractivity contribution in [3.63, 3.8) is 0 Å². The summed E-state index contributed by atoms with van der Waals surface area (Å²) >= 11 is 4.97. The van der Waals surface area contributed by atoms with Crippen LogP contribution in [0.3, 0.4) is 0 Å². The maximum atomic E-state index is 11.6. The average Bonchev–Trinajstić information content (AvgIpc) is 2.76. The fourth-order valence-corrected chi connectivity index (χ4v) is 2.90. The largest absolute Gasteiger partial charge is 0.444 e. The van der Waals surface area contributed by atoms with Crippen molar-refractivity contribution in [3.05, 3.63) is 20.8 Å². The molecule has 5 nitrogen and oxygen atoms in total. The molecule has 1 heterocycles. The maximum absolute atomic E-state index is 11.6. The van der Waals surface area contributed by atoms with E-state index >= 15 is 0 Å². The van der Waals surface area contributed by atoms with Crippen LogP contribution in [0.1, 0.15) is 38.5 Å². The monoisotopic (exact) mass is 376 g/mol. The van der Waals surface area contributed by atoms with Gasteiger partial charge in [0.2, 0.25) is 5.91 Å². The molecule has 0 aliphatic heterocycles. The Morgan fingerprint density at radius 1 is 1.29 bits per heavy atom. The highest BCUT2D eigenvalue weighted by Crippen LogP contribution is 2.21. The number of thiophene rings is 1. The normalized spacial score (nSPS) is 11.0. The summed E-state index contributed by atoms with van der Waals surface area (Å²) in [6.45, 7) is 6.39. The predicted octanol–water partition coefficient (Wildman–Crippen LogP) is 3.43. The minimum atomic E-state index is -0.504. The molecule has 0 bridgehead atoms. The van der Waals surface area contributed by atoms with Crippen LogP contribution in [-0.2, 0) is 16.1 Å². The van der Waals surface area contributed by atoms with E-state index in [0.29, 0.717) is 25.9 Å². The number of halogens is 1. The lowest BCUT2D eigenvalue weighted by atomic mass is 10.2. The van der Waals surface area contributed by atoms with Gasteiger partial charge in [0.1, 0.15) is 5.60 Å². The van der Waals surface area contributed by atoms with E-state index < -0.39 is 11.7 Å². The van der Waals surface area contributed by atoms with Crippen LogP contribution in [-0.4, -0.2) is 24.1 Å². The predicted molar refractivity (Wildman–Crippen MR) is 87.3 cm³/mol. The third kappa shape index (κ3) is 8.72. The minimum Gasteiger partial charge on any atom is -0.444 e. The Hall–Kier alpha value is -1.08. The maximum Gasteiger partial charge on any atom is 0.407 e. The first kappa shape index (κ1) is 18.0. The minimum absolute atomic E-state index is 0.0227. The van der Waals surface area contributed by atoms with Crippen molar-refractivity contribution >= 4 is 39.3 Å². The first-order valence-electron chi connectivity index (χ1n) is 6.74. The quantitative estimate of drug-likeness (QED) is 0.747. The summed E-state index contributed by atoms with van der Waals surface area (Å²) in [5.41, 5.74) is -0.504. The van der Waals surface area contributed by atoms with E-state index in [1.54, 1.807) is 11.3 Å². The molecule has 0 spiro atoms. The van der Waals surface area contributed by atoms with Gasteiger partial charge < -0.3 is 15.4 Å². The molecule has 2 amide bonds. The number of carbonyl (C=O) groups is 2. The Kier molecular flexibility index (Phi) is 7.17. The number of amides is 2. The molecule has 0 aliphatic carbocycles. The van der Waals surface area contributed by atoms with E-state index in [1.165, 1.54) is 0 Å². The highest BCUT2D eigenvalue weighted by molar-refractivity contribution is 9.11. The van der Waals surface area contributed by atoms with Crippen LogP contribution in [0, 0.1) is 0 Å². The molecule has 1 aromatic heterocycles. The number of nitrogens with one attached hydrogen (secondary N) is 2. The molecule has 1 aromatic rings. The third-order valence-electron chi connectivity index (χ3n) is 2.34. The topological polar surface area (TPSA) is 67.4 Å². The number of hydrogen-bond donors (Lipinski definition) is 2. The van der Waals surface area contributed by atoms with Crippen molar-refractivity contribution in [1.29, 1.82) is 0 Å². The number of hydrogen-bond acceptors (Lipinski definition) is 4. The van der Waals surface area contributed by atoms with E-state index in [2.05, 4.69) is 26.6 Å². The van der Waals surface area contributed by atoms with Crippen LogP contribution < -0.4 is 10.6 Å². The molecule has 0 atom stereocenters. The van der Waals surface area contributed by atoms with E-state index in [-0.39, 0.29) is 5.91 Å². The van der Waals surface area contributed by atoms with Gasteiger partial charge in [0, 0.05) is 17.8 Å². The van der Waals surface area contributed by atoms with Crippen molar-refractivity contribution in [2.24, 2.45) is 0 Å². The fraction of sp³-hybridized carbons (Fsp3) is 0.571. The van der Waals surface area contributed by atoms with Gasteiger partial charge >= 0.3 is 6.09 Å². The van der Waals surface area contributed by atoms with Crippen LogP contribution in [0.4, 0.5) is 4.79 Å². The number of rotatable bonds is 6. The Morgan fingerprint density at radius 3 is 2.57 bits per heavy atom. The van der Waals surface area contributed by atoms with Crippen LogP contribution >= 0.6 is 27.3 Å². The van der Waals surface area contributed by atoms with E-state index in [4.69, 9.17) is 4.74 Å². The van der Waals surface area contributed by atoms with E-state index in [9.17, 15) is 9.59 Å². The smallest absolute Gasteiger partial charge is 0.407 e. The van der Waals surface area contributed by atoms with Crippen molar-refractivity contribution < 1.29 is 14.3 Å². The molecule has 1 rings (SSSR count). The number of ether oxygens (including phenoxy) is 1. The summed E-state index contributed by atoms with van der Waals surface area (Å²) in [5.74, 6) is -0.0227. The molecule has 118 valence electrons. The van der Waals surface area contributed by atoms with E-state index in [1.807, 2.05) is 32.9 Å². The molecular weight excluding hydrogens is 356 g/mol. The summed E-state index contributed by atoms with van der Waals surface area (Å²) in [6, 6.07) is 3.93. The molecule has 0 saturated heterocycles. The fourth-order valence-electron chi connectivity index (χ4n) is 1.47. The Balaban J connectivity index is 2.09. The third-order valence-corrected chi connectivity index (χ3v) is 3.96. The molecular formula is C14H21BrN2O3S. The van der Waals surface area contributed by atoms with Crippen LogP contribution in [0.2, 0.25) is 0 Å². The molecule has 2 N–H and O–H groups in total. The van der Waals surface area contributed by atoms with Crippen molar-refractivity contribution in [2.75, 3.05) is 6.54 Å². The molecule has 0 unspecified atom stereocenters. The second kappa shape index (κ2) is 8.38. The van der Waals surface area contributed by atoms with E-state index in [0.717, 1.165) is 8.66 Å². The standard InChI is InChI=1S/C14H21BrN2O3S/c1-14(2,3)20-13(19)16-8-4-5-12(18)17-9-10-6-7-11(15)21-10/h6-7H,4-5,8-9H2,1-3H3,(H,16,19)(H,17,18). The lowest BCUT2D eigenvalue weighted by Gasteiger charge is -2.19. The highest BCUT2D eigenvalue weighted by atomic mass is 79.9. The molecule has 21 heavy (non-hydrogen) atoms. The van der Waals surface area contributed by atoms with Gasteiger partial charge in [0.25, 0.3) is 0 Å². The summed E-state index contributed by atoms with van der Waals surface area (Å²) in [4.78, 5) is 24.1. The van der Waals surface area contributed by atoms with Gasteiger partial charge in [0.15, 0.2) is 0 Å². The van der Waals surface area contributed by atoms with Crippen LogP contribution in [0.15, 0.2) is 15.9 Å². The van der Waals surface area contributed by atoms with Gasteiger partial charge in [-0.15, -0.1) is 11.3 Å². The SMILES string of the molecule is CC(C)(C)OC(=O)NCCCC(=O)NCc1ccc(Br)s1. The summed E-state index contributed by atoms with van der Waals surface area (Å²) < 4.78 is 6.15. The second-order valence-electron chi connectivity index (χ2n) is 5.51. The molecule has 0 saturated carbocycles. The lowest BCUT2D eigenvalue weighted by Crippen LogP contribution is -2.33. The zero-order valence-corrected chi connectivity index (χ0v) is 14.9. The van der Waals surface area contributed by atoms with Gasteiger partial charge in [-0.1, -0.05) is 0 Å². The molecule has 0 aliphatic rings. The zero-order chi connectivity index (χ0) is 15.9. The lowest BCUT2D eigenvalue weighted by molar-refractivity contribution is -0.121. The van der Waals surface area contributed by atoms with Gasteiger partial charge in [-0.3, -0.25) is 4.79 Å². The molecule has 0 aromatic carbocycles. The van der Waals surface area contributed by atoms with Crippen molar-refractivity contribution in [1.82, 2.24) is 10.6 Å². The molecule has 7 heteroatoms. The Morgan fingerprint density at radius 2 is 2.00 bits per heavy atom. The molecule has 0 fully saturated rings.